The van der Waals surface area contributed by atoms with Crippen LogP contribution in [-0.4, -0.2) is 66.7 Å². The Labute approximate surface area is 167 Å². The number of aryl methyl sites for hydroxylation is 2. The number of aliphatic imine (C=N–C) groups is 1. The number of fused-ring (bicyclic) bond motifs is 1. The fraction of sp³-hybridized carbons (Fsp3) is 0.579. The molecule has 0 aliphatic carbocycles. The zero-order valence-electron chi connectivity index (χ0n) is 16.7. The lowest BCUT2D eigenvalue weighted by Gasteiger charge is -2.16. The molecule has 2 aromatic rings. The van der Waals surface area contributed by atoms with Gasteiger partial charge in [-0.3, -0.25) is 4.99 Å². The van der Waals surface area contributed by atoms with Gasteiger partial charge in [-0.25, -0.2) is 17.7 Å². The van der Waals surface area contributed by atoms with Gasteiger partial charge in [0.2, 0.25) is 10.0 Å². The van der Waals surface area contributed by atoms with E-state index in [4.69, 9.17) is 0 Å². The van der Waals surface area contributed by atoms with Gasteiger partial charge in [-0.15, -0.1) is 0 Å². The number of hydrogen-bond acceptors (Lipinski definition) is 4. The Bertz CT molecular complexity index is 922. The first-order valence-electron chi connectivity index (χ1n) is 9.93. The van der Waals surface area contributed by atoms with Crippen molar-refractivity contribution in [2.75, 3.05) is 38.5 Å². The lowest BCUT2D eigenvalue weighted by atomic mass is 10.3. The Morgan fingerprint density at radius 3 is 2.82 bits per heavy atom. The SMILES string of the molecule is CCNC(=NCCCn1c(C)nc2ccccc21)NCCN1CCCS1(=O)=O. The van der Waals surface area contributed by atoms with Gasteiger partial charge in [0.15, 0.2) is 5.96 Å². The van der Waals surface area contributed by atoms with E-state index in [1.807, 2.05) is 32.0 Å². The van der Waals surface area contributed by atoms with Gasteiger partial charge in [0.25, 0.3) is 0 Å². The predicted octanol–water partition coefficient (Wildman–Crippen LogP) is 1.33. The van der Waals surface area contributed by atoms with Crippen LogP contribution in [0.25, 0.3) is 11.0 Å². The molecule has 0 saturated carbocycles. The molecule has 154 valence electrons. The number of aromatic nitrogens is 2. The molecule has 2 N–H and O–H groups in total. The lowest BCUT2D eigenvalue weighted by Crippen LogP contribution is -2.42. The smallest absolute Gasteiger partial charge is 0.214 e. The minimum absolute atomic E-state index is 0.267. The molecule has 9 heteroatoms. The van der Waals surface area contributed by atoms with E-state index >= 15 is 0 Å². The molecule has 1 aromatic carbocycles. The summed E-state index contributed by atoms with van der Waals surface area (Å²) in [5, 5.41) is 6.45. The number of benzene rings is 1. The first-order chi connectivity index (χ1) is 13.5. The number of hydrogen-bond donors (Lipinski definition) is 2. The van der Waals surface area contributed by atoms with Crippen LogP contribution in [0.2, 0.25) is 0 Å². The number of sulfonamides is 1. The molecule has 1 fully saturated rings. The van der Waals surface area contributed by atoms with E-state index in [-0.39, 0.29) is 5.75 Å². The second-order valence-electron chi connectivity index (χ2n) is 6.91. The topological polar surface area (TPSA) is 91.6 Å². The Hall–Kier alpha value is -2.13. The molecule has 0 unspecified atom stereocenters. The molecule has 0 bridgehead atoms. The van der Waals surface area contributed by atoms with Crippen LogP contribution < -0.4 is 10.6 Å². The lowest BCUT2D eigenvalue weighted by molar-refractivity contribution is 0.445. The highest BCUT2D eigenvalue weighted by atomic mass is 32.2. The molecule has 0 spiro atoms. The van der Waals surface area contributed by atoms with Crippen molar-refractivity contribution < 1.29 is 8.42 Å². The summed E-state index contributed by atoms with van der Waals surface area (Å²) in [5.41, 5.74) is 2.18. The normalized spacial score (nSPS) is 17.3. The zero-order valence-corrected chi connectivity index (χ0v) is 17.5. The maximum absolute atomic E-state index is 11.9. The third kappa shape index (κ3) is 5.02. The molecule has 1 aliphatic rings. The van der Waals surface area contributed by atoms with Gasteiger partial charge >= 0.3 is 0 Å². The average molecular weight is 407 g/mol. The maximum Gasteiger partial charge on any atom is 0.214 e. The predicted molar refractivity (Wildman–Crippen MR) is 113 cm³/mol. The summed E-state index contributed by atoms with van der Waals surface area (Å²) < 4.78 is 27.5. The Kier molecular flexibility index (Phi) is 6.90. The van der Waals surface area contributed by atoms with Crippen LogP contribution in [0, 0.1) is 6.92 Å². The summed E-state index contributed by atoms with van der Waals surface area (Å²) in [7, 11) is -3.04. The fourth-order valence-electron chi connectivity index (χ4n) is 3.48. The van der Waals surface area contributed by atoms with E-state index < -0.39 is 10.0 Å². The van der Waals surface area contributed by atoms with Crippen LogP contribution in [0.1, 0.15) is 25.6 Å². The minimum atomic E-state index is -3.04. The molecular formula is C19H30N6O2S. The van der Waals surface area contributed by atoms with Gasteiger partial charge < -0.3 is 15.2 Å². The van der Waals surface area contributed by atoms with Crippen molar-refractivity contribution in [3.63, 3.8) is 0 Å². The highest BCUT2D eigenvalue weighted by Crippen LogP contribution is 2.15. The molecule has 1 aliphatic heterocycles. The zero-order chi connectivity index (χ0) is 20.0. The molecule has 2 heterocycles. The highest BCUT2D eigenvalue weighted by molar-refractivity contribution is 7.89. The molecule has 0 atom stereocenters. The summed E-state index contributed by atoms with van der Waals surface area (Å²) in [6, 6.07) is 8.17. The van der Waals surface area contributed by atoms with Gasteiger partial charge in [-0.2, -0.15) is 0 Å². The maximum atomic E-state index is 11.9. The Balaban J connectivity index is 1.49. The molecule has 1 aromatic heterocycles. The van der Waals surface area contributed by atoms with Crippen molar-refractivity contribution in [2.24, 2.45) is 4.99 Å². The largest absolute Gasteiger partial charge is 0.357 e. The van der Waals surface area contributed by atoms with Crippen LogP contribution in [0.3, 0.4) is 0 Å². The number of nitrogens with one attached hydrogen (secondary N) is 2. The van der Waals surface area contributed by atoms with Crippen molar-refractivity contribution in [3.8, 4) is 0 Å². The van der Waals surface area contributed by atoms with Crippen molar-refractivity contribution >= 4 is 27.0 Å². The monoisotopic (exact) mass is 406 g/mol. The second-order valence-corrected chi connectivity index (χ2v) is 9.00. The minimum Gasteiger partial charge on any atom is -0.357 e. The molecule has 3 rings (SSSR count). The van der Waals surface area contributed by atoms with E-state index in [0.717, 1.165) is 48.7 Å². The van der Waals surface area contributed by atoms with Gasteiger partial charge in [0, 0.05) is 39.3 Å². The summed E-state index contributed by atoms with van der Waals surface area (Å²) in [6.07, 6.45) is 1.62. The van der Waals surface area contributed by atoms with E-state index in [1.165, 1.54) is 0 Å². The van der Waals surface area contributed by atoms with Crippen molar-refractivity contribution in [1.29, 1.82) is 0 Å². The fourth-order valence-corrected chi connectivity index (χ4v) is 5.01. The third-order valence-electron chi connectivity index (χ3n) is 4.86. The third-order valence-corrected chi connectivity index (χ3v) is 6.81. The number of rotatable bonds is 8. The number of imidazole rings is 1. The average Bonchev–Trinajstić information content (AvgIpc) is 3.17. The van der Waals surface area contributed by atoms with Crippen LogP contribution >= 0.6 is 0 Å². The highest BCUT2D eigenvalue weighted by Gasteiger charge is 2.27. The summed E-state index contributed by atoms with van der Waals surface area (Å²) >= 11 is 0. The Morgan fingerprint density at radius 1 is 1.25 bits per heavy atom. The van der Waals surface area contributed by atoms with E-state index in [9.17, 15) is 8.42 Å². The summed E-state index contributed by atoms with van der Waals surface area (Å²) in [5.74, 6) is 2.01. The van der Waals surface area contributed by atoms with Gasteiger partial charge in [0.05, 0.1) is 16.8 Å². The molecular weight excluding hydrogens is 376 g/mol. The van der Waals surface area contributed by atoms with E-state index in [1.54, 1.807) is 4.31 Å². The van der Waals surface area contributed by atoms with Gasteiger partial charge in [-0.05, 0) is 38.8 Å². The first-order valence-corrected chi connectivity index (χ1v) is 11.5. The molecule has 8 nitrogen and oxygen atoms in total. The molecule has 1 saturated heterocycles. The van der Waals surface area contributed by atoms with Crippen LogP contribution in [0.15, 0.2) is 29.3 Å². The number of para-hydroxylation sites is 2. The molecule has 0 amide bonds. The summed E-state index contributed by atoms with van der Waals surface area (Å²) in [4.78, 5) is 9.21. The summed E-state index contributed by atoms with van der Waals surface area (Å²) in [6.45, 7) is 8.01. The Morgan fingerprint density at radius 2 is 2.07 bits per heavy atom. The quantitative estimate of drug-likeness (QED) is 0.392. The van der Waals surface area contributed by atoms with Crippen LogP contribution in [0.4, 0.5) is 0 Å². The molecule has 0 radical (unpaired) electrons. The van der Waals surface area contributed by atoms with E-state index in [2.05, 4.69) is 31.2 Å². The van der Waals surface area contributed by atoms with Gasteiger partial charge in [-0.1, -0.05) is 12.1 Å². The van der Waals surface area contributed by atoms with Gasteiger partial charge in [0.1, 0.15) is 5.82 Å². The number of guanidine groups is 1. The molecule has 28 heavy (non-hydrogen) atoms. The van der Waals surface area contributed by atoms with E-state index in [0.29, 0.717) is 26.2 Å². The number of nitrogens with zero attached hydrogens (tertiary/aromatic N) is 4. The second kappa shape index (κ2) is 9.38. The van der Waals surface area contributed by atoms with Crippen LogP contribution in [0.5, 0.6) is 0 Å². The first kappa shape index (κ1) is 20.6. The standard InChI is InChI=1S/C19H30N6O2S/c1-3-20-19(22-11-14-24-12-7-15-28(24,26)27)21-10-6-13-25-16(2)23-17-8-4-5-9-18(17)25/h4-5,8-9H,3,6-7,10-15H2,1-2H3,(H2,20,21,22). The van der Waals surface area contributed by atoms with Crippen molar-refractivity contribution in [3.05, 3.63) is 30.1 Å². The van der Waals surface area contributed by atoms with Crippen molar-refractivity contribution in [2.45, 2.75) is 33.2 Å². The van der Waals surface area contributed by atoms with Crippen molar-refractivity contribution in [1.82, 2.24) is 24.5 Å². The van der Waals surface area contributed by atoms with Crippen LogP contribution in [-0.2, 0) is 16.6 Å².